The van der Waals surface area contributed by atoms with E-state index in [-0.39, 0.29) is 0 Å². The molecule has 0 aliphatic rings. The van der Waals surface area contributed by atoms with Crippen LogP contribution in [0.1, 0.15) is 11.4 Å². The largest absolute Gasteiger partial charge is 0.342 e. The summed E-state index contributed by atoms with van der Waals surface area (Å²) in [5, 5.41) is 0. The monoisotopic (exact) mass is 184 g/mol. The van der Waals surface area contributed by atoms with E-state index in [9.17, 15) is 4.79 Å². The lowest BCUT2D eigenvalue weighted by molar-refractivity contribution is -0.103. The molecule has 0 unspecified atom stereocenters. The van der Waals surface area contributed by atoms with Crippen molar-refractivity contribution in [3.63, 3.8) is 0 Å². The highest BCUT2D eigenvalue weighted by Crippen LogP contribution is 2.12. The van der Waals surface area contributed by atoms with Crippen molar-refractivity contribution in [3.8, 4) is 11.8 Å². The van der Waals surface area contributed by atoms with Crippen molar-refractivity contribution in [1.29, 1.82) is 0 Å². The second-order valence-electron chi connectivity index (χ2n) is 2.94. The number of imidazole rings is 1. The summed E-state index contributed by atoms with van der Waals surface area (Å²) in [5.41, 5.74) is 2.67. The molecule has 0 spiro atoms. The molecule has 1 aromatic heterocycles. The van der Waals surface area contributed by atoms with Gasteiger partial charge in [-0.15, -0.1) is 0 Å². The first-order valence-corrected chi connectivity index (χ1v) is 4.21. The van der Waals surface area contributed by atoms with Crippen LogP contribution in [0.4, 0.5) is 0 Å². The summed E-state index contributed by atoms with van der Waals surface area (Å²) in [7, 11) is 0. The van der Waals surface area contributed by atoms with Gasteiger partial charge in [-0.25, -0.2) is 4.98 Å². The summed E-state index contributed by atoms with van der Waals surface area (Å²) >= 11 is 0. The zero-order valence-electron chi connectivity index (χ0n) is 7.66. The molecule has 1 N–H and O–H groups in total. The minimum atomic E-state index is 0.586. The van der Waals surface area contributed by atoms with Crippen molar-refractivity contribution < 1.29 is 4.79 Å². The summed E-state index contributed by atoms with van der Waals surface area (Å²) in [6.07, 6.45) is 0.586. The average Bonchev–Trinajstić information content (AvgIpc) is 2.54. The zero-order chi connectivity index (χ0) is 9.97. The van der Waals surface area contributed by atoms with Gasteiger partial charge in [-0.1, -0.05) is 5.92 Å². The quantitative estimate of drug-likeness (QED) is 0.497. The Morgan fingerprint density at radius 1 is 1.50 bits per heavy atom. The number of fused-ring (bicyclic) bond motifs is 1. The lowest BCUT2D eigenvalue weighted by atomic mass is 10.2. The number of nitrogens with zero attached hydrogens (tertiary/aromatic N) is 1. The van der Waals surface area contributed by atoms with Crippen molar-refractivity contribution in [2.75, 3.05) is 0 Å². The molecule has 0 fully saturated rings. The molecule has 68 valence electrons. The molecular formula is C11H8N2O. The minimum absolute atomic E-state index is 0.586. The number of hydrogen-bond acceptors (Lipinski definition) is 2. The van der Waals surface area contributed by atoms with Gasteiger partial charge >= 0.3 is 0 Å². The molecule has 14 heavy (non-hydrogen) atoms. The first-order valence-electron chi connectivity index (χ1n) is 4.21. The highest BCUT2D eigenvalue weighted by molar-refractivity contribution is 5.78. The van der Waals surface area contributed by atoms with Gasteiger partial charge in [0.05, 0.1) is 11.0 Å². The zero-order valence-corrected chi connectivity index (χ0v) is 7.66. The van der Waals surface area contributed by atoms with E-state index >= 15 is 0 Å². The van der Waals surface area contributed by atoms with Gasteiger partial charge in [0.1, 0.15) is 5.82 Å². The van der Waals surface area contributed by atoms with E-state index in [2.05, 4.69) is 21.8 Å². The van der Waals surface area contributed by atoms with Gasteiger partial charge in [0, 0.05) is 5.56 Å². The molecule has 2 rings (SSSR count). The Morgan fingerprint density at radius 2 is 2.36 bits per heavy atom. The number of rotatable bonds is 0. The van der Waals surface area contributed by atoms with Crippen molar-refractivity contribution in [2.45, 2.75) is 6.92 Å². The highest BCUT2D eigenvalue weighted by atomic mass is 16.1. The van der Waals surface area contributed by atoms with Crippen LogP contribution in [0.5, 0.6) is 0 Å². The van der Waals surface area contributed by atoms with E-state index in [4.69, 9.17) is 0 Å². The topological polar surface area (TPSA) is 45.8 Å². The summed E-state index contributed by atoms with van der Waals surface area (Å²) in [6, 6.07) is 5.61. The fraction of sp³-hybridized carbons (Fsp3) is 0.0909. The van der Waals surface area contributed by atoms with E-state index < -0.39 is 0 Å². The number of carbonyl (C=O) groups is 1. The molecule has 0 saturated carbocycles. The Kier molecular flexibility index (Phi) is 2.04. The van der Waals surface area contributed by atoms with Crippen molar-refractivity contribution in [2.24, 2.45) is 0 Å². The maximum atomic E-state index is 10.1. The summed E-state index contributed by atoms with van der Waals surface area (Å²) in [4.78, 5) is 17.4. The average molecular weight is 184 g/mol. The molecule has 0 bridgehead atoms. The van der Waals surface area contributed by atoms with E-state index in [0.29, 0.717) is 6.29 Å². The number of aryl methyl sites for hydroxylation is 1. The van der Waals surface area contributed by atoms with Gasteiger partial charge in [0.2, 0.25) is 0 Å². The number of nitrogens with one attached hydrogen (secondary N) is 1. The lowest BCUT2D eigenvalue weighted by Gasteiger charge is -1.89. The third-order valence-corrected chi connectivity index (χ3v) is 1.88. The van der Waals surface area contributed by atoms with Crippen molar-refractivity contribution >= 4 is 17.3 Å². The number of aromatic nitrogens is 2. The van der Waals surface area contributed by atoms with Crippen LogP contribution < -0.4 is 0 Å². The molecule has 0 amide bonds. The third-order valence-electron chi connectivity index (χ3n) is 1.88. The van der Waals surface area contributed by atoms with E-state index in [1.165, 1.54) is 0 Å². The highest BCUT2D eigenvalue weighted by Gasteiger charge is 1.98. The fourth-order valence-electron chi connectivity index (χ4n) is 1.33. The van der Waals surface area contributed by atoms with Gasteiger partial charge in [-0.3, -0.25) is 4.79 Å². The van der Waals surface area contributed by atoms with Gasteiger partial charge in [-0.2, -0.15) is 0 Å². The molecule has 0 aliphatic heterocycles. The van der Waals surface area contributed by atoms with Gasteiger partial charge < -0.3 is 4.98 Å². The molecule has 1 aromatic carbocycles. The Balaban J connectivity index is 2.55. The Morgan fingerprint density at radius 3 is 3.14 bits per heavy atom. The Labute approximate surface area is 81.2 Å². The van der Waals surface area contributed by atoms with Crippen LogP contribution >= 0.6 is 0 Å². The maximum absolute atomic E-state index is 10.1. The number of carbonyl (C=O) groups excluding carboxylic acids is 1. The predicted octanol–water partition coefficient (Wildman–Crippen LogP) is 1.42. The molecule has 0 aliphatic carbocycles. The molecule has 0 saturated heterocycles. The van der Waals surface area contributed by atoms with Crippen molar-refractivity contribution in [3.05, 3.63) is 29.6 Å². The Hall–Kier alpha value is -2.08. The van der Waals surface area contributed by atoms with Crippen LogP contribution in [-0.4, -0.2) is 16.3 Å². The van der Waals surface area contributed by atoms with Crippen LogP contribution in [0.2, 0.25) is 0 Å². The molecular weight excluding hydrogens is 176 g/mol. The van der Waals surface area contributed by atoms with Crippen LogP contribution in [0.25, 0.3) is 11.0 Å². The molecule has 0 atom stereocenters. The normalized spacial score (nSPS) is 9.50. The number of aromatic amines is 1. The first kappa shape index (κ1) is 8.52. The summed E-state index contributed by atoms with van der Waals surface area (Å²) in [6.45, 7) is 1.90. The summed E-state index contributed by atoms with van der Waals surface area (Å²) in [5.74, 6) is 5.98. The predicted molar refractivity (Wildman–Crippen MR) is 53.8 cm³/mol. The number of aldehydes is 1. The molecule has 3 nitrogen and oxygen atoms in total. The van der Waals surface area contributed by atoms with Gasteiger partial charge in [-0.05, 0) is 31.0 Å². The van der Waals surface area contributed by atoms with Gasteiger partial charge in [0.25, 0.3) is 0 Å². The third kappa shape index (κ3) is 1.50. The Bertz CT molecular complexity index is 543. The fourth-order valence-corrected chi connectivity index (χ4v) is 1.33. The number of hydrogen-bond donors (Lipinski definition) is 1. The second kappa shape index (κ2) is 3.35. The van der Waals surface area contributed by atoms with E-state index in [1.807, 2.05) is 25.1 Å². The lowest BCUT2D eigenvalue weighted by Crippen LogP contribution is -1.75. The molecule has 3 heteroatoms. The van der Waals surface area contributed by atoms with E-state index in [1.54, 1.807) is 0 Å². The number of benzene rings is 1. The second-order valence-corrected chi connectivity index (χ2v) is 2.94. The summed E-state index contributed by atoms with van der Waals surface area (Å²) < 4.78 is 0. The van der Waals surface area contributed by atoms with Crippen LogP contribution in [0.3, 0.4) is 0 Å². The molecule has 1 heterocycles. The minimum Gasteiger partial charge on any atom is -0.342 e. The first-order chi connectivity index (χ1) is 6.79. The smallest absolute Gasteiger partial charge is 0.193 e. The molecule has 0 radical (unpaired) electrons. The molecule has 2 aromatic rings. The van der Waals surface area contributed by atoms with Crippen LogP contribution in [0, 0.1) is 18.8 Å². The van der Waals surface area contributed by atoms with Crippen LogP contribution in [0.15, 0.2) is 18.2 Å². The SMILES string of the molecule is Cc1nc2ccc(C#CC=O)cc2[nH]1. The standard InChI is InChI=1S/C11H8N2O/c1-8-12-10-5-4-9(3-2-6-14)7-11(10)13-8/h4-7H,1H3,(H,12,13). The van der Waals surface area contributed by atoms with Crippen LogP contribution in [-0.2, 0) is 4.79 Å². The maximum Gasteiger partial charge on any atom is 0.193 e. The van der Waals surface area contributed by atoms with E-state index in [0.717, 1.165) is 22.4 Å². The van der Waals surface area contributed by atoms with Crippen molar-refractivity contribution in [1.82, 2.24) is 9.97 Å². The number of H-pyrrole nitrogens is 1. The van der Waals surface area contributed by atoms with Gasteiger partial charge in [0.15, 0.2) is 6.29 Å².